The van der Waals surface area contributed by atoms with Gasteiger partial charge in [-0.25, -0.2) is 8.42 Å². The molecule has 0 aliphatic carbocycles. The molecule has 0 amide bonds. The van der Waals surface area contributed by atoms with E-state index in [1.807, 2.05) is 32.2 Å². The van der Waals surface area contributed by atoms with E-state index in [-0.39, 0.29) is 0 Å². The van der Waals surface area contributed by atoms with Crippen molar-refractivity contribution in [3.63, 3.8) is 0 Å². The average molecular weight is 237 g/mol. The number of hydrogen-bond acceptors (Lipinski definition) is 3. The minimum absolute atomic E-state index is 0.503. The molecule has 1 aromatic rings. The lowest BCUT2D eigenvalue weighted by atomic mass is 10.0. The van der Waals surface area contributed by atoms with Crippen molar-refractivity contribution >= 4 is 15.4 Å². The Kier molecular flexibility index (Phi) is 2.86. The molecular formula is C12H15NO2S. The van der Waals surface area contributed by atoms with E-state index in [9.17, 15) is 8.42 Å². The quantitative estimate of drug-likeness (QED) is 0.868. The molecule has 0 aromatic heterocycles. The molecule has 0 fully saturated rings. The molecule has 86 valence electrons. The van der Waals surface area contributed by atoms with Crippen LogP contribution in [0.4, 0.5) is 0 Å². The Hall–Kier alpha value is -1.13. The summed E-state index contributed by atoms with van der Waals surface area (Å²) in [5.41, 5.74) is 2.59. The van der Waals surface area contributed by atoms with Crippen molar-refractivity contribution in [2.45, 2.75) is 18.2 Å². The Bertz CT molecular complexity index is 544. The van der Waals surface area contributed by atoms with Gasteiger partial charge in [0.1, 0.15) is 0 Å². The van der Waals surface area contributed by atoms with Crippen molar-refractivity contribution < 1.29 is 8.42 Å². The molecule has 0 radical (unpaired) electrons. The summed E-state index contributed by atoms with van der Waals surface area (Å²) in [4.78, 5) is 0.503. The van der Waals surface area contributed by atoms with Crippen molar-refractivity contribution in [3.8, 4) is 0 Å². The van der Waals surface area contributed by atoms with Gasteiger partial charge in [-0.3, -0.25) is 0 Å². The number of rotatable bonds is 3. The van der Waals surface area contributed by atoms with Crippen LogP contribution in [0, 0.1) is 0 Å². The van der Waals surface area contributed by atoms with Crippen LogP contribution in [0.3, 0.4) is 0 Å². The van der Waals surface area contributed by atoms with Crippen molar-refractivity contribution in [3.05, 3.63) is 34.7 Å². The summed E-state index contributed by atoms with van der Waals surface area (Å²) in [5, 5.41) is 4.40. The molecule has 0 bridgehead atoms. The average Bonchev–Trinajstić information content (AvgIpc) is 2.47. The minimum atomic E-state index is -3.21. The lowest BCUT2D eigenvalue weighted by Gasteiger charge is -2.08. The maximum absolute atomic E-state index is 12.0. The summed E-state index contributed by atoms with van der Waals surface area (Å²) in [6.45, 7) is 2.62. The van der Waals surface area contributed by atoms with Gasteiger partial charge in [0.25, 0.3) is 0 Å². The summed E-state index contributed by atoms with van der Waals surface area (Å²) in [5.74, 6) is 0. The van der Waals surface area contributed by atoms with Gasteiger partial charge in [0.05, 0.1) is 4.90 Å². The van der Waals surface area contributed by atoms with Crippen LogP contribution in [0.5, 0.6) is 0 Å². The summed E-state index contributed by atoms with van der Waals surface area (Å²) < 4.78 is 23.9. The van der Waals surface area contributed by atoms with Gasteiger partial charge in [-0.1, -0.05) is 18.2 Å². The molecule has 0 saturated carbocycles. The van der Waals surface area contributed by atoms with Crippen LogP contribution < -0.4 is 5.32 Å². The number of nitrogens with one attached hydrogen (secondary N) is 1. The maximum Gasteiger partial charge on any atom is 0.200 e. The number of fused-ring (bicyclic) bond motifs is 1. The first-order valence-corrected chi connectivity index (χ1v) is 6.81. The third-order valence-corrected chi connectivity index (χ3v) is 4.50. The fourth-order valence-electron chi connectivity index (χ4n) is 2.04. The zero-order valence-corrected chi connectivity index (χ0v) is 10.3. The van der Waals surface area contributed by atoms with Gasteiger partial charge in [0.15, 0.2) is 0 Å². The van der Waals surface area contributed by atoms with Gasteiger partial charge in [0, 0.05) is 5.41 Å². The number of allylic oxidation sites excluding steroid dienone is 1. The molecule has 1 N–H and O–H groups in total. The molecular weight excluding hydrogens is 222 g/mol. The fraction of sp³-hybridized carbons (Fsp3) is 0.333. The van der Waals surface area contributed by atoms with Crippen LogP contribution in [0.2, 0.25) is 0 Å². The highest BCUT2D eigenvalue weighted by Gasteiger charge is 2.27. The topological polar surface area (TPSA) is 46.2 Å². The van der Waals surface area contributed by atoms with E-state index >= 15 is 0 Å². The van der Waals surface area contributed by atoms with E-state index in [0.717, 1.165) is 29.7 Å². The maximum atomic E-state index is 12.0. The van der Waals surface area contributed by atoms with Crippen LogP contribution in [0.25, 0.3) is 5.57 Å². The molecule has 0 atom stereocenters. The van der Waals surface area contributed by atoms with Crippen LogP contribution >= 0.6 is 0 Å². The normalized spacial score (nSPS) is 17.0. The van der Waals surface area contributed by atoms with Crippen molar-refractivity contribution in [1.29, 1.82) is 0 Å². The van der Waals surface area contributed by atoms with Gasteiger partial charge < -0.3 is 5.32 Å². The highest BCUT2D eigenvalue weighted by Crippen LogP contribution is 2.35. The number of benzene rings is 1. The van der Waals surface area contributed by atoms with Gasteiger partial charge in [-0.15, -0.1) is 0 Å². The second-order valence-electron chi connectivity index (χ2n) is 3.99. The largest absolute Gasteiger partial charge is 0.319 e. The van der Waals surface area contributed by atoms with Gasteiger partial charge in [-0.05, 0) is 43.6 Å². The number of hydrogen-bond donors (Lipinski definition) is 1. The zero-order chi connectivity index (χ0) is 11.8. The molecule has 1 aliphatic rings. The van der Waals surface area contributed by atoms with E-state index in [0.29, 0.717) is 4.90 Å². The van der Waals surface area contributed by atoms with Gasteiger partial charge >= 0.3 is 0 Å². The van der Waals surface area contributed by atoms with Crippen LogP contribution in [0.1, 0.15) is 18.1 Å². The van der Waals surface area contributed by atoms with E-state index in [1.54, 1.807) is 0 Å². The molecule has 1 heterocycles. The Labute approximate surface area is 96.1 Å². The molecule has 0 saturated heterocycles. The molecule has 1 aromatic carbocycles. The third-order valence-electron chi connectivity index (χ3n) is 2.78. The summed E-state index contributed by atoms with van der Waals surface area (Å²) in [6, 6.07) is 5.68. The summed E-state index contributed by atoms with van der Waals surface area (Å²) in [7, 11) is -1.34. The van der Waals surface area contributed by atoms with E-state index < -0.39 is 9.84 Å². The Balaban J connectivity index is 2.55. The minimum Gasteiger partial charge on any atom is -0.319 e. The molecule has 3 nitrogen and oxygen atoms in total. The van der Waals surface area contributed by atoms with E-state index in [1.165, 1.54) is 5.41 Å². The Morgan fingerprint density at radius 3 is 2.75 bits per heavy atom. The fourth-order valence-corrected chi connectivity index (χ4v) is 3.82. The zero-order valence-electron chi connectivity index (χ0n) is 9.45. The highest BCUT2D eigenvalue weighted by atomic mass is 32.2. The first-order valence-electron chi connectivity index (χ1n) is 5.26. The summed E-state index contributed by atoms with van der Waals surface area (Å²) in [6.07, 6.45) is 0.736. The van der Waals surface area contributed by atoms with Crippen molar-refractivity contribution in [2.75, 3.05) is 13.6 Å². The molecule has 0 spiro atoms. The second-order valence-corrected chi connectivity index (χ2v) is 5.73. The molecule has 0 unspecified atom stereocenters. The first kappa shape index (κ1) is 11.4. The van der Waals surface area contributed by atoms with Crippen LogP contribution in [-0.4, -0.2) is 22.0 Å². The Morgan fingerprint density at radius 2 is 2.06 bits per heavy atom. The second kappa shape index (κ2) is 4.03. The predicted octanol–water partition coefficient (Wildman–Crippen LogP) is 1.60. The lowest BCUT2D eigenvalue weighted by molar-refractivity contribution is 0.604. The standard InChI is InChI=1S/C12H15NO2S/c1-9-8-16(14,15)12-10(6-7-13-2)4-3-5-11(9)12/h3-5,8,13H,6-7H2,1-2H3. The van der Waals surface area contributed by atoms with E-state index in [2.05, 4.69) is 5.32 Å². The summed E-state index contributed by atoms with van der Waals surface area (Å²) >= 11 is 0. The lowest BCUT2D eigenvalue weighted by Crippen LogP contribution is -2.12. The number of sulfone groups is 1. The first-order chi connectivity index (χ1) is 7.56. The predicted molar refractivity (Wildman–Crippen MR) is 64.9 cm³/mol. The van der Waals surface area contributed by atoms with Gasteiger partial charge in [-0.2, -0.15) is 0 Å². The van der Waals surface area contributed by atoms with Crippen LogP contribution in [0.15, 0.2) is 28.5 Å². The smallest absolute Gasteiger partial charge is 0.200 e. The monoisotopic (exact) mass is 237 g/mol. The van der Waals surface area contributed by atoms with E-state index in [4.69, 9.17) is 0 Å². The van der Waals surface area contributed by atoms with Crippen molar-refractivity contribution in [1.82, 2.24) is 5.32 Å². The molecule has 16 heavy (non-hydrogen) atoms. The molecule has 4 heteroatoms. The highest BCUT2D eigenvalue weighted by molar-refractivity contribution is 7.95. The SMILES string of the molecule is CNCCc1cccc2c1S(=O)(=O)C=C2C. The molecule has 2 rings (SSSR count). The number of likely N-dealkylation sites (N-methyl/N-ethyl adjacent to an activating group) is 1. The third kappa shape index (κ3) is 1.79. The Morgan fingerprint density at radius 1 is 1.31 bits per heavy atom. The van der Waals surface area contributed by atoms with Crippen LogP contribution in [-0.2, 0) is 16.3 Å². The molecule has 1 aliphatic heterocycles. The van der Waals surface area contributed by atoms with Gasteiger partial charge in [0.2, 0.25) is 9.84 Å². The van der Waals surface area contributed by atoms with Crippen molar-refractivity contribution in [2.24, 2.45) is 0 Å².